The van der Waals surface area contributed by atoms with Crippen molar-refractivity contribution in [2.24, 2.45) is 5.92 Å². The fourth-order valence-corrected chi connectivity index (χ4v) is 3.53. The first kappa shape index (κ1) is 13.1. The average Bonchev–Trinajstić information content (AvgIpc) is 2.88. The van der Waals surface area contributed by atoms with Crippen LogP contribution in [0.5, 0.6) is 0 Å². The second-order valence-electron chi connectivity index (χ2n) is 5.06. The topological polar surface area (TPSA) is 21.3 Å². The molecule has 3 heteroatoms. The number of nitrogens with one attached hydrogen (secondary N) is 1. The molecule has 1 fully saturated rings. The second kappa shape index (κ2) is 5.98. The Morgan fingerprint density at radius 2 is 2.35 bits per heavy atom. The molecule has 2 nitrogen and oxygen atoms in total. The molecule has 1 saturated heterocycles. The van der Waals surface area contributed by atoms with Crippen LogP contribution in [0.1, 0.15) is 41.1 Å². The maximum Gasteiger partial charge on any atom is 0.0495 e. The molecule has 1 N–H and O–H groups in total. The monoisotopic (exact) mass is 253 g/mol. The Bertz CT molecular complexity index is 355. The van der Waals surface area contributed by atoms with Gasteiger partial charge in [0.15, 0.2) is 0 Å². The zero-order valence-electron chi connectivity index (χ0n) is 11.1. The van der Waals surface area contributed by atoms with Crippen molar-refractivity contribution in [3.05, 3.63) is 21.4 Å². The summed E-state index contributed by atoms with van der Waals surface area (Å²) in [6.07, 6.45) is 2.49. The van der Waals surface area contributed by atoms with E-state index in [2.05, 4.69) is 32.2 Å². The first-order valence-corrected chi connectivity index (χ1v) is 7.36. The van der Waals surface area contributed by atoms with Gasteiger partial charge in [0, 0.05) is 29.0 Å². The van der Waals surface area contributed by atoms with E-state index in [1.165, 1.54) is 28.2 Å². The zero-order valence-corrected chi connectivity index (χ0v) is 11.9. The van der Waals surface area contributed by atoms with E-state index in [4.69, 9.17) is 4.74 Å². The predicted octanol–water partition coefficient (Wildman–Crippen LogP) is 3.44. The fourth-order valence-electron chi connectivity index (χ4n) is 2.51. The summed E-state index contributed by atoms with van der Waals surface area (Å²) in [5.41, 5.74) is 1.47. The molecule has 0 aromatic carbocycles. The van der Waals surface area contributed by atoms with Gasteiger partial charge in [0.2, 0.25) is 0 Å². The van der Waals surface area contributed by atoms with Crippen LogP contribution >= 0.6 is 11.3 Å². The Balaban J connectivity index is 1.76. The maximum atomic E-state index is 5.40. The van der Waals surface area contributed by atoms with Gasteiger partial charge in [-0.3, -0.25) is 0 Å². The maximum absolute atomic E-state index is 5.40. The van der Waals surface area contributed by atoms with Gasteiger partial charge < -0.3 is 10.1 Å². The summed E-state index contributed by atoms with van der Waals surface area (Å²) in [5, 5.41) is 3.63. The van der Waals surface area contributed by atoms with Gasteiger partial charge in [-0.1, -0.05) is 0 Å². The van der Waals surface area contributed by atoms with E-state index in [0.717, 1.165) is 25.7 Å². The summed E-state index contributed by atoms with van der Waals surface area (Å²) in [5.74, 6) is 0.778. The van der Waals surface area contributed by atoms with Crippen LogP contribution in [0, 0.1) is 19.8 Å². The van der Waals surface area contributed by atoms with Crippen molar-refractivity contribution in [2.75, 3.05) is 19.8 Å². The molecule has 0 spiro atoms. The van der Waals surface area contributed by atoms with Crippen LogP contribution in [0.4, 0.5) is 0 Å². The van der Waals surface area contributed by atoms with Crippen molar-refractivity contribution in [1.82, 2.24) is 5.32 Å². The van der Waals surface area contributed by atoms with Gasteiger partial charge in [0.1, 0.15) is 0 Å². The first-order valence-electron chi connectivity index (χ1n) is 6.55. The summed E-state index contributed by atoms with van der Waals surface area (Å²) < 4.78 is 5.40. The van der Waals surface area contributed by atoms with E-state index >= 15 is 0 Å². The Morgan fingerprint density at radius 1 is 1.53 bits per heavy atom. The number of rotatable bonds is 5. The molecule has 0 aliphatic carbocycles. The Morgan fingerprint density at radius 3 is 2.94 bits per heavy atom. The van der Waals surface area contributed by atoms with E-state index in [1.54, 1.807) is 0 Å². The van der Waals surface area contributed by atoms with Crippen molar-refractivity contribution < 1.29 is 4.74 Å². The van der Waals surface area contributed by atoms with Gasteiger partial charge in [-0.2, -0.15) is 0 Å². The lowest BCUT2D eigenvalue weighted by Crippen LogP contribution is -2.22. The predicted molar refractivity (Wildman–Crippen MR) is 73.8 cm³/mol. The van der Waals surface area contributed by atoms with Gasteiger partial charge in [-0.15, -0.1) is 11.3 Å². The third kappa shape index (κ3) is 3.54. The van der Waals surface area contributed by atoms with E-state index in [9.17, 15) is 0 Å². The van der Waals surface area contributed by atoms with Crippen LogP contribution in [-0.2, 0) is 4.74 Å². The van der Waals surface area contributed by atoms with Crippen molar-refractivity contribution in [3.8, 4) is 0 Å². The molecular formula is C14H23NOS. The molecule has 0 amide bonds. The molecule has 1 aromatic rings. The van der Waals surface area contributed by atoms with Gasteiger partial charge in [0.05, 0.1) is 0 Å². The molecule has 1 aliphatic rings. The minimum Gasteiger partial charge on any atom is -0.381 e. The number of thiophene rings is 1. The molecule has 17 heavy (non-hydrogen) atoms. The van der Waals surface area contributed by atoms with Crippen molar-refractivity contribution in [2.45, 2.75) is 39.7 Å². The van der Waals surface area contributed by atoms with Crippen LogP contribution in [0.3, 0.4) is 0 Å². The first-order chi connectivity index (χ1) is 8.16. The highest BCUT2D eigenvalue weighted by Gasteiger charge is 2.16. The van der Waals surface area contributed by atoms with Gasteiger partial charge in [-0.05, 0) is 57.7 Å². The van der Waals surface area contributed by atoms with E-state index in [1.807, 2.05) is 11.3 Å². The van der Waals surface area contributed by atoms with Crippen LogP contribution in [0.15, 0.2) is 6.07 Å². The number of ether oxygens (including phenoxy) is 1. The molecule has 2 heterocycles. The molecule has 2 rings (SSSR count). The van der Waals surface area contributed by atoms with Crippen LogP contribution < -0.4 is 5.32 Å². The quantitative estimate of drug-likeness (QED) is 0.868. The highest BCUT2D eigenvalue weighted by atomic mass is 32.1. The average molecular weight is 253 g/mol. The van der Waals surface area contributed by atoms with Crippen LogP contribution in [-0.4, -0.2) is 19.8 Å². The van der Waals surface area contributed by atoms with E-state index in [0.29, 0.717) is 6.04 Å². The van der Waals surface area contributed by atoms with Crippen LogP contribution in [0.25, 0.3) is 0 Å². The van der Waals surface area contributed by atoms with Crippen molar-refractivity contribution in [3.63, 3.8) is 0 Å². The van der Waals surface area contributed by atoms with Crippen LogP contribution in [0.2, 0.25) is 0 Å². The lowest BCUT2D eigenvalue weighted by Gasteiger charge is -2.15. The standard InChI is InChI=1S/C14H23NOS/c1-10-8-14(12(3)17-10)11(2)15-6-4-13-5-7-16-9-13/h8,11,13,15H,4-7,9H2,1-3H3. The summed E-state index contributed by atoms with van der Waals surface area (Å²) in [7, 11) is 0. The highest BCUT2D eigenvalue weighted by Crippen LogP contribution is 2.26. The molecule has 0 radical (unpaired) electrons. The lowest BCUT2D eigenvalue weighted by atomic mass is 10.0. The Labute approximate surface area is 108 Å². The molecule has 1 aliphatic heterocycles. The third-order valence-corrected chi connectivity index (χ3v) is 4.55. The van der Waals surface area contributed by atoms with Gasteiger partial charge in [-0.25, -0.2) is 0 Å². The highest BCUT2D eigenvalue weighted by molar-refractivity contribution is 7.12. The normalized spacial score (nSPS) is 21.9. The van der Waals surface area contributed by atoms with Gasteiger partial charge >= 0.3 is 0 Å². The Hall–Kier alpha value is -0.380. The molecular weight excluding hydrogens is 230 g/mol. The number of hydrogen-bond donors (Lipinski definition) is 1. The zero-order chi connectivity index (χ0) is 12.3. The SMILES string of the molecule is Cc1cc(C(C)NCCC2CCOC2)c(C)s1. The molecule has 2 atom stereocenters. The van der Waals surface area contributed by atoms with E-state index in [-0.39, 0.29) is 0 Å². The summed E-state index contributed by atoms with van der Waals surface area (Å²) in [4.78, 5) is 2.86. The summed E-state index contributed by atoms with van der Waals surface area (Å²) >= 11 is 1.90. The van der Waals surface area contributed by atoms with E-state index < -0.39 is 0 Å². The number of aryl methyl sites for hydroxylation is 2. The minimum atomic E-state index is 0.474. The largest absolute Gasteiger partial charge is 0.381 e. The minimum absolute atomic E-state index is 0.474. The number of hydrogen-bond acceptors (Lipinski definition) is 3. The molecule has 0 saturated carbocycles. The summed E-state index contributed by atoms with van der Waals surface area (Å²) in [6, 6.07) is 2.79. The third-order valence-electron chi connectivity index (χ3n) is 3.57. The molecule has 2 unspecified atom stereocenters. The smallest absolute Gasteiger partial charge is 0.0495 e. The lowest BCUT2D eigenvalue weighted by molar-refractivity contribution is 0.184. The molecule has 96 valence electrons. The van der Waals surface area contributed by atoms with Gasteiger partial charge in [0.25, 0.3) is 0 Å². The van der Waals surface area contributed by atoms with Crippen molar-refractivity contribution in [1.29, 1.82) is 0 Å². The molecule has 0 bridgehead atoms. The van der Waals surface area contributed by atoms with Crippen molar-refractivity contribution >= 4 is 11.3 Å². The fraction of sp³-hybridized carbons (Fsp3) is 0.714. The second-order valence-corrected chi connectivity index (χ2v) is 6.52. The summed E-state index contributed by atoms with van der Waals surface area (Å²) in [6.45, 7) is 9.69. The molecule has 1 aromatic heterocycles. The Kier molecular flexibility index (Phi) is 4.60.